The number of ether oxygens (including phenoxy) is 3. The average molecular weight is 671 g/mol. The summed E-state index contributed by atoms with van der Waals surface area (Å²) in [6.07, 6.45) is 30.6. The Morgan fingerprint density at radius 1 is 0.739 bits per heavy atom. The van der Waals surface area contributed by atoms with Crippen LogP contribution in [0.5, 0.6) is 0 Å². The van der Waals surface area contributed by atoms with Crippen LogP contribution in [0.25, 0.3) is 0 Å². The molecule has 2 unspecified atom stereocenters. The van der Waals surface area contributed by atoms with Crippen LogP contribution in [0.1, 0.15) is 143 Å². The van der Waals surface area contributed by atoms with Crippen molar-refractivity contribution in [3.63, 3.8) is 0 Å². The summed E-state index contributed by atoms with van der Waals surface area (Å²) in [7, 11) is -4.76. The number of hydrogen-bond donors (Lipinski definition) is 2. The van der Waals surface area contributed by atoms with Gasteiger partial charge in [-0.2, -0.15) is 0 Å². The van der Waals surface area contributed by atoms with Crippen molar-refractivity contribution in [2.45, 2.75) is 161 Å². The summed E-state index contributed by atoms with van der Waals surface area (Å²) in [6.45, 7) is 5.82. The van der Waals surface area contributed by atoms with Gasteiger partial charge in [0.2, 0.25) is 0 Å². The minimum absolute atomic E-state index is 0.183. The Hall–Kier alpha value is -1.77. The molecule has 0 amide bonds. The maximum absolute atomic E-state index is 12.3. The molecule has 3 atom stereocenters. The van der Waals surface area contributed by atoms with Gasteiger partial charge in [0.05, 0.1) is 18.8 Å². The number of carbonyl (C=O) groups excluding carboxylic acids is 2. The van der Waals surface area contributed by atoms with Crippen molar-refractivity contribution in [2.75, 3.05) is 13.2 Å². The van der Waals surface area contributed by atoms with Gasteiger partial charge in [0, 0.05) is 12.8 Å². The maximum Gasteiger partial charge on any atom is 0.469 e. The lowest BCUT2D eigenvalue weighted by Crippen LogP contribution is -2.29. The first-order chi connectivity index (χ1) is 22.1. The molecule has 1 aliphatic heterocycles. The molecule has 1 fully saturated rings. The molecule has 0 aromatic heterocycles. The molecule has 2 N–H and O–H groups in total. The zero-order valence-corrected chi connectivity index (χ0v) is 29.7. The van der Waals surface area contributed by atoms with E-state index in [2.05, 4.69) is 55.7 Å². The lowest BCUT2D eigenvalue weighted by Gasteiger charge is -2.18. The number of esters is 2. The first kappa shape index (κ1) is 42.3. The van der Waals surface area contributed by atoms with Gasteiger partial charge in [-0.05, 0) is 57.3 Å². The summed E-state index contributed by atoms with van der Waals surface area (Å²) < 4.78 is 31.9. The Bertz CT molecular complexity index is 924. The highest BCUT2D eigenvalue weighted by Gasteiger charge is 2.36. The summed E-state index contributed by atoms with van der Waals surface area (Å²) in [5.41, 5.74) is 0. The number of phosphoric ester groups is 1. The van der Waals surface area contributed by atoms with Crippen LogP contribution >= 0.6 is 7.82 Å². The van der Waals surface area contributed by atoms with E-state index in [1.807, 2.05) is 6.08 Å². The quantitative estimate of drug-likeness (QED) is 0.0252. The molecule has 0 aromatic rings. The Balaban J connectivity index is 2.17. The summed E-state index contributed by atoms with van der Waals surface area (Å²) in [4.78, 5) is 42.6. The third-order valence-corrected chi connectivity index (χ3v) is 8.23. The van der Waals surface area contributed by atoms with E-state index in [1.54, 1.807) is 0 Å². The number of allylic oxidation sites excluding steroid dienone is 4. The topological polar surface area (TPSA) is 132 Å². The second kappa shape index (κ2) is 27.2. The molecule has 266 valence electrons. The standard InChI is InChI=1S/C36H63O9P/c1-4-5-6-7-8-9-12-15-20-25-33-34(45-33)26-21-17-18-22-27-35(37)42-29-32(30-43-46(39,40)41)44-36(38)28-23-16-13-10-11-14-19-24-31(2)3/h8-9,15,17,20-21,31-34H,4-7,10-14,16,18-19,22-30H2,1-3H3,(H2,39,40,41)/b9-8-,20-15-,21-17-/t32-,33?,34?/m1/s1. The third kappa shape index (κ3) is 27.4. The van der Waals surface area contributed by atoms with Crippen LogP contribution in [0.4, 0.5) is 0 Å². The number of carbonyl (C=O) groups is 2. The van der Waals surface area contributed by atoms with Crippen LogP contribution in [-0.4, -0.2) is 53.3 Å². The molecule has 1 saturated heterocycles. The first-order valence-corrected chi connectivity index (χ1v) is 19.3. The van der Waals surface area contributed by atoms with Gasteiger partial charge in [0.15, 0.2) is 6.10 Å². The molecule has 0 spiro atoms. The third-order valence-electron chi connectivity index (χ3n) is 7.74. The monoisotopic (exact) mass is 670 g/mol. The highest BCUT2D eigenvalue weighted by molar-refractivity contribution is 7.46. The Morgan fingerprint density at radius 2 is 1.33 bits per heavy atom. The van der Waals surface area contributed by atoms with Crippen LogP contribution in [0.2, 0.25) is 0 Å². The van der Waals surface area contributed by atoms with Crippen molar-refractivity contribution >= 4 is 19.8 Å². The van der Waals surface area contributed by atoms with Crippen LogP contribution in [-0.2, 0) is 32.9 Å². The van der Waals surface area contributed by atoms with Crippen molar-refractivity contribution < 1.29 is 42.7 Å². The number of unbranched alkanes of at least 4 members (excludes halogenated alkanes) is 10. The number of phosphoric acid groups is 1. The highest BCUT2D eigenvalue weighted by atomic mass is 31.2. The molecule has 1 rings (SSSR count). The normalized spacial score (nSPS) is 17.4. The summed E-state index contributed by atoms with van der Waals surface area (Å²) >= 11 is 0. The smallest absolute Gasteiger partial charge is 0.462 e. The van der Waals surface area contributed by atoms with Crippen LogP contribution in [0.3, 0.4) is 0 Å². The van der Waals surface area contributed by atoms with Gasteiger partial charge in [-0.1, -0.05) is 115 Å². The van der Waals surface area contributed by atoms with Crippen LogP contribution in [0.15, 0.2) is 36.5 Å². The second-order valence-corrected chi connectivity index (χ2v) is 14.0. The van der Waals surface area contributed by atoms with Crippen molar-refractivity contribution in [3.8, 4) is 0 Å². The molecule has 0 radical (unpaired) electrons. The number of epoxide rings is 1. The Morgan fingerprint density at radius 3 is 2.00 bits per heavy atom. The molecular weight excluding hydrogens is 607 g/mol. The van der Waals surface area contributed by atoms with E-state index in [9.17, 15) is 14.2 Å². The zero-order valence-electron chi connectivity index (χ0n) is 28.8. The minimum atomic E-state index is -4.76. The average Bonchev–Trinajstić information content (AvgIpc) is 3.75. The molecule has 0 aromatic carbocycles. The van der Waals surface area contributed by atoms with Crippen LogP contribution < -0.4 is 0 Å². The number of hydrogen-bond acceptors (Lipinski definition) is 7. The van der Waals surface area contributed by atoms with Gasteiger partial charge in [-0.15, -0.1) is 0 Å². The Labute approximate surface area is 278 Å². The fraction of sp³-hybridized carbons (Fsp3) is 0.778. The van der Waals surface area contributed by atoms with Gasteiger partial charge in [0.25, 0.3) is 0 Å². The van der Waals surface area contributed by atoms with Crippen molar-refractivity contribution in [1.82, 2.24) is 0 Å². The van der Waals surface area contributed by atoms with E-state index in [0.29, 0.717) is 19.3 Å². The van der Waals surface area contributed by atoms with Crippen molar-refractivity contribution in [2.24, 2.45) is 5.92 Å². The van der Waals surface area contributed by atoms with E-state index in [4.69, 9.17) is 24.0 Å². The molecular formula is C36H63O9P. The van der Waals surface area contributed by atoms with Gasteiger partial charge in [-0.25, -0.2) is 4.57 Å². The van der Waals surface area contributed by atoms with Gasteiger partial charge >= 0.3 is 19.8 Å². The maximum atomic E-state index is 12.3. The van der Waals surface area contributed by atoms with Gasteiger partial charge < -0.3 is 24.0 Å². The van der Waals surface area contributed by atoms with Gasteiger partial charge in [0.1, 0.15) is 6.61 Å². The molecule has 0 bridgehead atoms. The van der Waals surface area contributed by atoms with Crippen molar-refractivity contribution in [1.29, 1.82) is 0 Å². The lowest BCUT2D eigenvalue weighted by atomic mass is 10.0. The summed E-state index contributed by atoms with van der Waals surface area (Å²) in [6, 6.07) is 0. The molecule has 10 heteroatoms. The molecule has 0 saturated carbocycles. The molecule has 1 heterocycles. The number of rotatable bonds is 30. The van der Waals surface area contributed by atoms with E-state index in [0.717, 1.165) is 50.9 Å². The van der Waals surface area contributed by atoms with Crippen LogP contribution in [0, 0.1) is 5.92 Å². The van der Waals surface area contributed by atoms with E-state index < -0.39 is 32.5 Å². The highest BCUT2D eigenvalue weighted by Crippen LogP contribution is 2.36. The fourth-order valence-electron chi connectivity index (χ4n) is 4.94. The second-order valence-electron chi connectivity index (χ2n) is 12.7. The summed E-state index contributed by atoms with van der Waals surface area (Å²) in [5, 5.41) is 0. The first-order valence-electron chi connectivity index (χ1n) is 17.8. The van der Waals surface area contributed by atoms with E-state index in [1.165, 1.54) is 44.9 Å². The largest absolute Gasteiger partial charge is 0.469 e. The SMILES string of the molecule is CCCCC/C=C\C/C=C\CC1OC1C/C=C\CCCC(=O)OC[C@H](COP(=O)(O)O)OC(=O)CCCCCCCCCC(C)C. The fourth-order valence-corrected chi connectivity index (χ4v) is 5.30. The predicted molar refractivity (Wildman–Crippen MR) is 183 cm³/mol. The molecule has 0 aliphatic carbocycles. The molecule has 9 nitrogen and oxygen atoms in total. The predicted octanol–water partition coefficient (Wildman–Crippen LogP) is 9.07. The molecule has 1 aliphatic rings. The zero-order chi connectivity index (χ0) is 33.9. The lowest BCUT2D eigenvalue weighted by molar-refractivity contribution is -0.161. The summed E-state index contributed by atoms with van der Waals surface area (Å²) in [5.74, 6) is -0.219. The minimum Gasteiger partial charge on any atom is -0.462 e. The Kier molecular flexibility index (Phi) is 25.0. The van der Waals surface area contributed by atoms with Gasteiger partial charge in [-0.3, -0.25) is 14.1 Å². The molecule has 46 heavy (non-hydrogen) atoms. The van der Waals surface area contributed by atoms with E-state index >= 15 is 0 Å². The van der Waals surface area contributed by atoms with E-state index in [-0.39, 0.29) is 31.7 Å². The van der Waals surface area contributed by atoms with Crippen molar-refractivity contribution in [3.05, 3.63) is 36.5 Å².